The molecule has 2 unspecified atom stereocenters. The molecule has 1 aromatic rings. The Bertz CT molecular complexity index is 517. The van der Waals surface area contributed by atoms with Crippen LogP contribution in [0.2, 0.25) is 0 Å². The predicted molar refractivity (Wildman–Crippen MR) is 75.6 cm³/mol. The summed E-state index contributed by atoms with van der Waals surface area (Å²) in [7, 11) is 0. The second-order valence-corrected chi connectivity index (χ2v) is 6.66. The standard InChI is InChI=1S/C13H19N3O3S/c1-8-14-6-9(20-8)7-15-12(19)16-10-4-3-5-13(10,2)11(17)18/h6,10H,3-5,7H2,1-2H3,(H,17,18)(H2,15,16,19). The van der Waals surface area contributed by atoms with Crippen molar-refractivity contribution in [3.8, 4) is 0 Å². The molecule has 1 aliphatic rings. The second-order valence-electron chi connectivity index (χ2n) is 5.34. The molecular formula is C13H19N3O3S. The summed E-state index contributed by atoms with van der Waals surface area (Å²) in [4.78, 5) is 28.3. The number of thiazole rings is 1. The molecule has 1 aromatic heterocycles. The summed E-state index contributed by atoms with van der Waals surface area (Å²) in [5.74, 6) is -0.849. The first-order chi connectivity index (χ1) is 9.41. The second kappa shape index (κ2) is 5.78. The molecule has 3 N–H and O–H groups in total. The lowest BCUT2D eigenvalue weighted by atomic mass is 9.85. The zero-order valence-corrected chi connectivity index (χ0v) is 12.4. The van der Waals surface area contributed by atoms with Gasteiger partial charge in [0.25, 0.3) is 0 Å². The molecule has 0 radical (unpaired) electrons. The number of aryl methyl sites for hydroxylation is 1. The zero-order chi connectivity index (χ0) is 14.8. The molecule has 1 saturated carbocycles. The van der Waals surface area contributed by atoms with Crippen LogP contribution in [0.4, 0.5) is 4.79 Å². The number of carboxylic acid groups (broad SMARTS) is 1. The van der Waals surface area contributed by atoms with Gasteiger partial charge in [-0.25, -0.2) is 9.78 Å². The monoisotopic (exact) mass is 297 g/mol. The van der Waals surface area contributed by atoms with Crippen molar-refractivity contribution in [3.05, 3.63) is 16.1 Å². The minimum absolute atomic E-state index is 0.316. The largest absolute Gasteiger partial charge is 0.481 e. The van der Waals surface area contributed by atoms with Crippen molar-refractivity contribution >= 4 is 23.3 Å². The molecule has 2 atom stereocenters. The third-order valence-corrected chi connectivity index (χ3v) is 4.76. The zero-order valence-electron chi connectivity index (χ0n) is 11.6. The number of hydrogen-bond acceptors (Lipinski definition) is 4. The Morgan fingerprint density at radius 2 is 2.35 bits per heavy atom. The summed E-state index contributed by atoms with van der Waals surface area (Å²) in [6.07, 6.45) is 3.86. The van der Waals surface area contributed by atoms with Gasteiger partial charge in [0.1, 0.15) is 0 Å². The van der Waals surface area contributed by atoms with Gasteiger partial charge >= 0.3 is 12.0 Å². The number of nitrogens with zero attached hydrogens (tertiary/aromatic N) is 1. The van der Waals surface area contributed by atoms with Gasteiger partial charge in [0, 0.05) is 17.1 Å². The Morgan fingerprint density at radius 1 is 1.60 bits per heavy atom. The number of carbonyl (C=O) groups excluding carboxylic acids is 1. The summed E-state index contributed by atoms with van der Waals surface area (Å²) >= 11 is 1.53. The maximum atomic E-state index is 11.9. The van der Waals surface area contributed by atoms with Crippen molar-refractivity contribution in [1.29, 1.82) is 0 Å². The van der Waals surface area contributed by atoms with Gasteiger partial charge in [0.2, 0.25) is 0 Å². The molecule has 0 bridgehead atoms. The fraction of sp³-hybridized carbons (Fsp3) is 0.615. The number of rotatable bonds is 4. The van der Waals surface area contributed by atoms with E-state index in [2.05, 4.69) is 15.6 Å². The van der Waals surface area contributed by atoms with Crippen molar-refractivity contribution in [2.45, 2.75) is 45.7 Å². The first-order valence-electron chi connectivity index (χ1n) is 6.61. The minimum Gasteiger partial charge on any atom is -0.481 e. The molecule has 1 aliphatic carbocycles. The van der Waals surface area contributed by atoms with Gasteiger partial charge < -0.3 is 15.7 Å². The van der Waals surface area contributed by atoms with Crippen molar-refractivity contribution < 1.29 is 14.7 Å². The van der Waals surface area contributed by atoms with E-state index in [-0.39, 0.29) is 12.1 Å². The molecule has 0 saturated heterocycles. The van der Waals surface area contributed by atoms with E-state index in [1.165, 1.54) is 11.3 Å². The Hall–Kier alpha value is -1.63. The molecule has 1 fully saturated rings. The van der Waals surface area contributed by atoms with Gasteiger partial charge in [-0.2, -0.15) is 0 Å². The van der Waals surface area contributed by atoms with E-state index in [4.69, 9.17) is 0 Å². The Labute approximate surface area is 121 Å². The Balaban J connectivity index is 1.86. The van der Waals surface area contributed by atoms with Crippen molar-refractivity contribution in [2.75, 3.05) is 0 Å². The van der Waals surface area contributed by atoms with Crippen LogP contribution in [0.3, 0.4) is 0 Å². The van der Waals surface area contributed by atoms with Crippen molar-refractivity contribution in [3.63, 3.8) is 0 Å². The minimum atomic E-state index is -0.863. The predicted octanol–water partition coefficient (Wildman–Crippen LogP) is 1.89. The number of hydrogen-bond donors (Lipinski definition) is 3. The molecule has 2 rings (SSSR count). The highest BCUT2D eigenvalue weighted by Gasteiger charge is 2.45. The summed E-state index contributed by atoms with van der Waals surface area (Å²) in [6, 6.07) is -0.640. The van der Waals surface area contributed by atoms with E-state index in [1.807, 2.05) is 6.92 Å². The van der Waals surface area contributed by atoms with Gasteiger partial charge in [-0.15, -0.1) is 11.3 Å². The number of carboxylic acids is 1. The first-order valence-corrected chi connectivity index (χ1v) is 7.42. The molecular weight excluding hydrogens is 278 g/mol. The smallest absolute Gasteiger partial charge is 0.315 e. The van der Waals surface area contributed by atoms with E-state index in [0.717, 1.165) is 16.3 Å². The highest BCUT2D eigenvalue weighted by Crippen LogP contribution is 2.38. The summed E-state index contributed by atoms with van der Waals surface area (Å²) in [5, 5.41) is 15.8. The van der Waals surface area contributed by atoms with Crippen molar-refractivity contribution in [2.24, 2.45) is 5.41 Å². The van der Waals surface area contributed by atoms with Gasteiger partial charge in [0.15, 0.2) is 0 Å². The average molecular weight is 297 g/mol. The number of nitrogens with one attached hydrogen (secondary N) is 2. The summed E-state index contributed by atoms with van der Waals surface area (Å²) < 4.78 is 0. The molecule has 1 heterocycles. The topological polar surface area (TPSA) is 91.3 Å². The van der Waals surface area contributed by atoms with Crippen molar-refractivity contribution in [1.82, 2.24) is 15.6 Å². The SMILES string of the molecule is Cc1ncc(CNC(=O)NC2CCCC2(C)C(=O)O)s1. The average Bonchev–Trinajstić information content (AvgIpc) is 2.95. The van der Waals surface area contributed by atoms with E-state index >= 15 is 0 Å². The fourth-order valence-electron chi connectivity index (χ4n) is 2.52. The van der Waals surface area contributed by atoms with E-state index in [0.29, 0.717) is 19.4 Å². The van der Waals surface area contributed by atoms with E-state index < -0.39 is 11.4 Å². The lowest BCUT2D eigenvalue weighted by Gasteiger charge is -2.27. The Kier molecular flexibility index (Phi) is 4.27. The highest BCUT2D eigenvalue weighted by molar-refractivity contribution is 7.11. The van der Waals surface area contributed by atoms with Crippen LogP contribution in [0, 0.1) is 12.3 Å². The molecule has 0 aliphatic heterocycles. The molecule has 6 nitrogen and oxygen atoms in total. The van der Waals surface area contributed by atoms with Crippen LogP contribution >= 0.6 is 11.3 Å². The van der Waals surface area contributed by atoms with Crippen LogP contribution in [-0.4, -0.2) is 28.1 Å². The number of aliphatic carboxylic acids is 1. The van der Waals surface area contributed by atoms with Crippen LogP contribution in [0.25, 0.3) is 0 Å². The van der Waals surface area contributed by atoms with E-state index in [9.17, 15) is 14.7 Å². The van der Waals surface area contributed by atoms with Gasteiger partial charge in [-0.1, -0.05) is 6.42 Å². The third-order valence-electron chi connectivity index (χ3n) is 3.84. The van der Waals surface area contributed by atoms with Gasteiger partial charge in [-0.3, -0.25) is 4.79 Å². The van der Waals surface area contributed by atoms with Crippen LogP contribution in [0.1, 0.15) is 36.1 Å². The van der Waals surface area contributed by atoms with Crippen LogP contribution in [-0.2, 0) is 11.3 Å². The lowest BCUT2D eigenvalue weighted by Crippen LogP contribution is -2.50. The highest BCUT2D eigenvalue weighted by atomic mass is 32.1. The fourth-order valence-corrected chi connectivity index (χ4v) is 3.25. The molecule has 7 heteroatoms. The Morgan fingerprint density at radius 3 is 2.95 bits per heavy atom. The van der Waals surface area contributed by atoms with Crippen LogP contribution in [0.15, 0.2) is 6.20 Å². The molecule has 0 spiro atoms. The quantitative estimate of drug-likeness (QED) is 0.791. The summed E-state index contributed by atoms with van der Waals surface area (Å²) in [5.41, 5.74) is -0.863. The number of carbonyl (C=O) groups is 2. The molecule has 0 aromatic carbocycles. The van der Waals surface area contributed by atoms with Gasteiger partial charge in [-0.05, 0) is 26.7 Å². The number of aromatic nitrogens is 1. The number of amides is 2. The van der Waals surface area contributed by atoms with Crippen LogP contribution in [0.5, 0.6) is 0 Å². The summed E-state index contributed by atoms with van der Waals surface area (Å²) in [6.45, 7) is 4.01. The maximum absolute atomic E-state index is 11.9. The maximum Gasteiger partial charge on any atom is 0.315 e. The third kappa shape index (κ3) is 3.09. The van der Waals surface area contributed by atoms with E-state index in [1.54, 1.807) is 13.1 Å². The lowest BCUT2D eigenvalue weighted by molar-refractivity contribution is -0.148. The molecule has 110 valence electrons. The van der Waals surface area contributed by atoms with Gasteiger partial charge in [0.05, 0.1) is 17.0 Å². The normalized spacial score (nSPS) is 25.4. The molecule has 2 amide bonds. The van der Waals surface area contributed by atoms with Crippen LogP contribution < -0.4 is 10.6 Å². The number of urea groups is 1. The molecule has 20 heavy (non-hydrogen) atoms. The first kappa shape index (κ1) is 14.8.